The van der Waals surface area contributed by atoms with Gasteiger partial charge in [-0.15, -0.1) is 0 Å². The number of nitrogens with zero attached hydrogens (tertiary/aromatic N) is 1. The molecule has 0 unspecified atom stereocenters. The lowest BCUT2D eigenvalue weighted by Gasteiger charge is -2.18. The van der Waals surface area contributed by atoms with E-state index in [0.717, 1.165) is 16.9 Å². The summed E-state index contributed by atoms with van der Waals surface area (Å²) in [6.07, 6.45) is 0. The highest BCUT2D eigenvalue weighted by Crippen LogP contribution is 2.30. The third-order valence-electron chi connectivity index (χ3n) is 3.70. The van der Waals surface area contributed by atoms with E-state index in [0.29, 0.717) is 30.4 Å². The van der Waals surface area contributed by atoms with E-state index >= 15 is 0 Å². The molecule has 0 spiro atoms. The summed E-state index contributed by atoms with van der Waals surface area (Å²) in [7, 11) is 0. The number of hydrogen-bond donors (Lipinski definition) is 1. The van der Waals surface area contributed by atoms with Crippen molar-refractivity contribution in [2.24, 2.45) is 5.10 Å². The van der Waals surface area contributed by atoms with Gasteiger partial charge in [0.15, 0.2) is 18.1 Å². The highest BCUT2D eigenvalue weighted by molar-refractivity contribution is 5.99. The maximum Gasteiger partial charge on any atom is 0.277 e. The normalized spacial score (nSPS) is 13.3. The SMILES string of the molecule is CC(=NNC(=O)COc1ccc(C)cc1)c1ccc2c(c1)OCCO2. The summed E-state index contributed by atoms with van der Waals surface area (Å²) in [6.45, 7) is 4.79. The van der Waals surface area contributed by atoms with Crippen LogP contribution in [0.15, 0.2) is 47.6 Å². The van der Waals surface area contributed by atoms with E-state index < -0.39 is 0 Å². The first-order valence-corrected chi connectivity index (χ1v) is 8.04. The molecule has 3 rings (SSSR count). The van der Waals surface area contributed by atoms with Crippen molar-refractivity contribution in [3.8, 4) is 17.2 Å². The Kier molecular flexibility index (Phi) is 5.18. The number of ether oxygens (including phenoxy) is 3. The van der Waals surface area contributed by atoms with Crippen LogP contribution in [0.2, 0.25) is 0 Å². The number of fused-ring (bicyclic) bond motifs is 1. The summed E-state index contributed by atoms with van der Waals surface area (Å²) >= 11 is 0. The van der Waals surface area contributed by atoms with Crippen molar-refractivity contribution in [2.45, 2.75) is 13.8 Å². The molecule has 6 nitrogen and oxygen atoms in total. The van der Waals surface area contributed by atoms with Gasteiger partial charge in [-0.05, 0) is 44.2 Å². The monoisotopic (exact) mass is 340 g/mol. The first-order chi connectivity index (χ1) is 12.1. The molecule has 0 aliphatic carbocycles. The van der Waals surface area contributed by atoms with E-state index in [9.17, 15) is 4.79 Å². The molecule has 0 saturated carbocycles. The maximum absolute atomic E-state index is 11.9. The number of nitrogens with one attached hydrogen (secondary N) is 1. The summed E-state index contributed by atoms with van der Waals surface area (Å²) in [6, 6.07) is 13.1. The fourth-order valence-corrected chi connectivity index (χ4v) is 2.29. The van der Waals surface area contributed by atoms with E-state index in [1.165, 1.54) is 0 Å². The van der Waals surface area contributed by atoms with Crippen molar-refractivity contribution >= 4 is 11.6 Å². The highest BCUT2D eigenvalue weighted by atomic mass is 16.6. The number of aryl methyl sites for hydroxylation is 1. The van der Waals surface area contributed by atoms with Crippen LogP contribution < -0.4 is 19.6 Å². The number of hydrogen-bond acceptors (Lipinski definition) is 5. The molecule has 0 bridgehead atoms. The number of rotatable bonds is 5. The summed E-state index contributed by atoms with van der Waals surface area (Å²) in [5, 5.41) is 4.11. The number of benzene rings is 2. The second-order valence-corrected chi connectivity index (χ2v) is 5.69. The fraction of sp³-hybridized carbons (Fsp3) is 0.263. The minimum atomic E-state index is -0.322. The van der Waals surface area contributed by atoms with Crippen LogP contribution in [0.3, 0.4) is 0 Å². The van der Waals surface area contributed by atoms with Crippen molar-refractivity contribution in [3.63, 3.8) is 0 Å². The van der Waals surface area contributed by atoms with Crippen LogP contribution in [0.5, 0.6) is 17.2 Å². The molecule has 6 heteroatoms. The van der Waals surface area contributed by atoms with Crippen molar-refractivity contribution < 1.29 is 19.0 Å². The molecule has 0 atom stereocenters. The summed E-state index contributed by atoms with van der Waals surface area (Å²) < 4.78 is 16.5. The van der Waals surface area contributed by atoms with Gasteiger partial charge in [-0.3, -0.25) is 4.79 Å². The molecule has 1 aliphatic rings. The molecular formula is C19H20N2O4. The molecule has 1 aliphatic heterocycles. The zero-order valence-electron chi connectivity index (χ0n) is 14.2. The minimum absolute atomic E-state index is 0.0963. The number of carbonyl (C=O) groups is 1. The van der Waals surface area contributed by atoms with Crippen LogP contribution in [-0.2, 0) is 4.79 Å². The van der Waals surface area contributed by atoms with Gasteiger partial charge in [0.1, 0.15) is 19.0 Å². The molecule has 0 saturated heterocycles. The summed E-state index contributed by atoms with van der Waals surface area (Å²) in [5.41, 5.74) is 5.15. The molecule has 0 fully saturated rings. The van der Waals surface area contributed by atoms with Crippen molar-refractivity contribution in [1.29, 1.82) is 0 Å². The molecule has 2 aromatic carbocycles. The van der Waals surface area contributed by atoms with Gasteiger partial charge in [0.2, 0.25) is 0 Å². The lowest BCUT2D eigenvalue weighted by atomic mass is 10.1. The Labute approximate surface area is 146 Å². The quantitative estimate of drug-likeness (QED) is 0.671. The average molecular weight is 340 g/mol. The van der Waals surface area contributed by atoms with Gasteiger partial charge in [-0.25, -0.2) is 5.43 Å². The molecule has 0 aromatic heterocycles. The standard InChI is InChI=1S/C19H20N2O4/c1-13-3-6-16(7-4-13)25-12-19(22)21-20-14(2)15-5-8-17-18(11-15)24-10-9-23-17/h3-8,11H,9-10,12H2,1-2H3,(H,21,22). The molecule has 0 radical (unpaired) electrons. The largest absolute Gasteiger partial charge is 0.486 e. The molecule has 1 N–H and O–H groups in total. The Bertz CT molecular complexity index is 785. The minimum Gasteiger partial charge on any atom is -0.486 e. The molecule has 130 valence electrons. The fourth-order valence-electron chi connectivity index (χ4n) is 2.29. The van der Waals surface area contributed by atoms with Crippen LogP contribution in [0.1, 0.15) is 18.1 Å². The van der Waals surface area contributed by atoms with Gasteiger partial charge in [0.25, 0.3) is 5.91 Å². The van der Waals surface area contributed by atoms with E-state index in [-0.39, 0.29) is 12.5 Å². The number of amides is 1. The first-order valence-electron chi connectivity index (χ1n) is 8.04. The van der Waals surface area contributed by atoms with Crippen molar-refractivity contribution in [1.82, 2.24) is 5.43 Å². The van der Waals surface area contributed by atoms with Gasteiger partial charge >= 0.3 is 0 Å². The van der Waals surface area contributed by atoms with E-state index in [1.54, 1.807) is 0 Å². The lowest BCUT2D eigenvalue weighted by molar-refractivity contribution is -0.123. The smallest absolute Gasteiger partial charge is 0.277 e. The van der Waals surface area contributed by atoms with Gasteiger partial charge in [0.05, 0.1) is 5.71 Å². The van der Waals surface area contributed by atoms with Gasteiger partial charge < -0.3 is 14.2 Å². The van der Waals surface area contributed by atoms with E-state index in [1.807, 2.05) is 56.3 Å². The highest BCUT2D eigenvalue weighted by Gasteiger charge is 2.12. The summed E-state index contributed by atoms with van der Waals surface area (Å²) in [4.78, 5) is 11.9. The Hall–Kier alpha value is -3.02. The number of carbonyl (C=O) groups excluding carboxylic acids is 1. The Morgan fingerprint density at radius 2 is 1.84 bits per heavy atom. The van der Waals surface area contributed by atoms with Crippen LogP contribution in [-0.4, -0.2) is 31.4 Å². The second kappa shape index (κ2) is 7.70. The zero-order valence-corrected chi connectivity index (χ0v) is 14.2. The molecular weight excluding hydrogens is 320 g/mol. The predicted molar refractivity (Wildman–Crippen MR) is 94.5 cm³/mol. The average Bonchev–Trinajstić information content (AvgIpc) is 2.65. The van der Waals surface area contributed by atoms with Crippen LogP contribution >= 0.6 is 0 Å². The van der Waals surface area contributed by atoms with Gasteiger partial charge in [-0.1, -0.05) is 17.7 Å². The lowest BCUT2D eigenvalue weighted by Crippen LogP contribution is -2.25. The summed E-state index contributed by atoms with van der Waals surface area (Å²) in [5.74, 6) is 1.73. The van der Waals surface area contributed by atoms with Crippen LogP contribution in [0, 0.1) is 6.92 Å². The third-order valence-corrected chi connectivity index (χ3v) is 3.70. The first kappa shape index (κ1) is 16.8. The Morgan fingerprint density at radius 1 is 1.12 bits per heavy atom. The Balaban J connectivity index is 1.55. The van der Waals surface area contributed by atoms with Gasteiger partial charge in [0, 0.05) is 5.56 Å². The van der Waals surface area contributed by atoms with Gasteiger partial charge in [-0.2, -0.15) is 5.10 Å². The third kappa shape index (κ3) is 4.50. The predicted octanol–water partition coefficient (Wildman–Crippen LogP) is 2.69. The van der Waals surface area contributed by atoms with Crippen LogP contribution in [0.4, 0.5) is 0 Å². The second-order valence-electron chi connectivity index (χ2n) is 5.69. The zero-order chi connectivity index (χ0) is 17.6. The molecule has 1 heterocycles. The van der Waals surface area contributed by atoms with E-state index in [4.69, 9.17) is 14.2 Å². The molecule has 2 aromatic rings. The molecule has 25 heavy (non-hydrogen) atoms. The van der Waals surface area contributed by atoms with Crippen molar-refractivity contribution in [2.75, 3.05) is 19.8 Å². The van der Waals surface area contributed by atoms with Crippen LogP contribution in [0.25, 0.3) is 0 Å². The van der Waals surface area contributed by atoms with Crippen molar-refractivity contribution in [3.05, 3.63) is 53.6 Å². The topological polar surface area (TPSA) is 69.2 Å². The Morgan fingerprint density at radius 3 is 2.60 bits per heavy atom. The van der Waals surface area contributed by atoms with E-state index in [2.05, 4.69) is 10.5 Å². The number of hydrazone groups is 1. The molecule has 1 amide bonds. The maximum atomic E-state index is 11.9.